The van der Waals surface area contributed by atoms with Gasteiger partial charge in [-0.1, -0.05) is 124 Å². The smallest absolute Gasteiger partial charge is 0.331 e. The number of aliphatic carboxylic acids is 1. The molecule has 5 heteroatoms. The van der Waals surface area contributed by atoms with E-state index >= 15 is 0 Å². The van der Waals surface area contributed by atoms with Crippen molar-refractivity contribution in [1.29, 1.82) is 0 Å². The lowest BCUT2D eigenvalue weighted by atomic mass is 9.66. The summed E-state index contributed by atoms with van der Waals surface area (Å²) in [5.74, 6) is -0.303. The quantitative estimate of drug-likeness (QED) is 0.0946. The first-order valence-corrected chi connectivity index (χ1v) is 17.2. The number of hydrogen-bond acceptors (Lipinski definition) is 3. The third-order valence-corrected chi connectivity index (χ3v) is 9.18. The molecule has 1 saturated carbocycles. The van der Waals surface area contributed by atoms with Crippen LogP contribution in [-0.2, 0) is 9.59 Å². The molecule has 0 heterocycles. The van der Waals surface area contributed by atoms with Crippen LogP contribution in [0.3, 0.4) is 0 Å². The molecule has 1 fully saturated rings. The fourth-order valence-electron chi connectivity index (χ4n) is 6.12. The third-order valence-electron chi connectivity index (χ3n) is 9.18. The van der Waals surface area contributed by atoms with Gasteiger partial charge in [0.05, 0.1) is 18.1 Å². The van der Waals surface area contributed by atoms with Gasteiger partial charge in [-0.2, -0.15) is 0 Å². The molecule has 0 radical (unpaired) electrons. The van der Waals surface area contributed by atoms with Gasteiger partial charge in [-0.25, -0.2) is 4.79 Å². The van der Waals surface area contributed by atoms with Crippen molar-refractivity contribution in [3.05, 3.63) is 71.4 Å². The minimum Gasteiger partial charge on any atom is -0.478 e. The second kappa shape index (κ2) is 20.3. The second-order valence-corrected chi connectivity index (χ2v) is 14.8. The molecule has 260 valence electrons. The van der Waals surface area contributed by atoms with E-state index in [4.69, 9.17) is 4.99 Å². The normalized spacial score (nSPS) is 21.8. The van der Waals surface area contributed by atoms with Gasteiger partial charge in [-0.05, 0) is 93.6 Å². The first-order valence-electron chi connectivity index (χ1n) is 17.2. The van der Waals surface area contributed by atoms with Crippen molar-refractivity contribution in [2.75, 3.05) is 6.54 Å². The number of carboxylic acid groups (broad SMARTS) is 1. The van der Waals surface area contributed by atoms with Gasteiger partial charge in [0.1, 0.15) is 0 Å². The molecule has 1 N–H and O–H groups in total. The largest absolute Gasteiger partial charge is 0.478 e. The highest BCUT2D eigenvalue weighted by atomic mass is 16.4. The van der Waals surface area contributed by atoms with Crippen molar-refractivity contribution in [1.82, 2.24) is 4.90 Å². The molecule has 5 nitrogen and oxygen atoms in total. The number of carboxylic acids is 1. The maximum Gasteiger partial charge on any atom is 0.331 e. The third kappa shape index (κ3) is 14.2. The predicted molar refractivity (Wildman–Crippen MR) is 200 cm³/mol. The monoisotopic (exact) mass is 637 g/mol. The van der Waals surface area contributed by atoms with Crippen molar-refractivity contribution in [2.24, 2.45) is 21.7 Å². The van der Waals surface area contributed by atoms with Gasteiger partial charge in [0.25, 0.3) is 0 Å². The lowest BCUT2D eigenvalue weighted by molar-refractivity contribution is -0.133. The molecule has 46 heavy (non-hydrogen) atoms. The maximum atomic E-state index is 13.2. The average molecular weight is 637 g/mol. The molecular weight excluding hydrogens is 568 g/mol. The van der Waals surface area contributed by atoms with E-state index in [1.165, 1.54) is 0 Å². The van der Waals surface area contributed by atoms with Crippen molar-refractivity contribution in [3.8, 4) is 0 Å². The standard InChI is InChI=1S/C38H58N2O3.C2H6.CH4/c1-10-32(35(42)43)20-17-29(2)34(23-24-36(4,5)6)40(28-41)38(25-21-33(22-26-38)37(7,8)9)27-39-30(3)18-19-31-15-13-11-12-14-16-31;1-2;/h11,13-20,28,33-34H,10,12,21-27H2,1-9H3,(H,42,43);1-2H3;1H4/b19-18+,29-17+,32-20+,39-30?;;. The molecule has 2 rings (SSSR count). The first-order chi connectivity index (χ1) is 21.1. The highest BCUT2D eigenvalue weighted by Crippen LogP contribution is 2.45. The van der Waals surface area contributed by atoms with Crippen molar-refractivity contribution >= 4 is 18.1 Å². The fraction of sp³-hybridized carbons (Fsp3) is 0.634. The van der Waals surface area contributed by atoms with Crippen LogP contribution in [-0.4, -0.2) is 46.2 Å². The molecule has 1 amide bonds. The Kier molecular flexibility index (Phi) is 19.0. The Morgan fingerprint density at radius 2 is 1.72 bits per heavy atom. The van der Waals surface area contributed by atoms with Crippen molar-refractivity contribution in [2.45, 2.75) is 147 Å². The molecule has 0 saturated heterocycles. The Labute approximate surface area is 283 Å². The Balaban J connectivity index is 0.00000661. The van der Waals surface area contributed by atoms with Crippen LogP contribution in [0.1, 0.15) is 135 Å². The predicted octanol–water partition coefficient (Wildman–Crippen LogP) is 11.1. The molecule has 2 aliphatic rings. The van der Waals surface area contributed by atoms with Crippen LogP contribution in [0.25, 0.3) is 0 Å². The summed E-state index contributed by atoms with van der Waals surface area (Å²) in [4.78, 5) is 32.0. The first kappa shape index (κ1) is 43.0. The van der Waals surface area contributed by atoms with Gasteiger partial charge in [-0.15, -0.1) is 0 Å². The van der Waals surface area contributed by atoms with Gasteiger partial charge < -0.3 is 10.0 Å². The molecule has 0 bridgehead atoms. The van der Waals surface area contributed by atoms with Gasteiger partial charge in [0.15, 0.2) is 0 Å². The van der Waals surface area contributed by atoms with Gasteiger partial charge in [-0.3, -0.25) is 9.79 Å². The number of carbonyl (C=O) groups is 2. The summed E-state index contributed by atoms with van der Waals surface area (Å²) in [6.07, 6.45) is 26.5. The van der Waals surface area contributed by atoms with Gasteiger partial charge in [0.2, 0.25) is 6.41 Å². The minimum absolute atomic E-state index is 0. The van der Waals surface area contributed by atoms with Crippen LogP contribution < -0.4 is 0 Å². The average Bonchev–Trinajstić information content (AvgIpc) is 3.26. The molecule has 0 aromatic carbocycles. The highest BCUT2D eigenvalue weighted by Gasteiger charge is 2.45. The zero-order valence-electron chi connectivity index (χ0n) is 30.5. The lowest BCUT2D eigenvalue weighted by Crippen LogP contribution is -2.57. The SMILES string of the molecule is C.CC.CC/C(=C\C=C(/C)C(CCC(C)(C)C)N(C=O)C1(CN=C(C)/C=C/C2=CC=CCC=C2)CCC(C(C)(C)C)CC1)C(=O)O. The summed E-state index contributed by atoms with van der Waals surface area (Å²) in [5, 5.41) is 9.59. The molecule has 1 atom stereocenters. The van der Waals surface area contributed by atoms with E-state index in [0.717, 1.165) is 68.2 Å². The van der Waals surface area contributed by atoms with Crippen molar-refractivity contribution < 1.29 is 14.7 Å². The Morgan fingerprint density at radius 1 is 1.09 bits per heavy atom. The Hall–Kier alpha value is -2.95. The summed E-state index contributed by atoms with van der Waals surface area (Å²) in [7, 11) is 0. The molecule has 0 aliphatic heterocycles. The number of nitrogens with zero attached hydrogens (tertiary/aromatic N) is 2. The van der Waals surface area contributed by atoms with E-state index in [1.54, 1.807) is 6.08 Å². The number of allylic oxidation sites excluding steroid dienone is 10. The summed E-state index contributed by atoms with van der Waals surface area (Å²) in [6.45, 7) is 24.1. The Bertz CT molecular complexity index is 1160. The van der Waals surface area contributed by atoms with Gasteiger partial charge >= 0.3 is 5.97 Å². The zero-order chi connectivity index (χ0) is 34.3. The molecular formula is C41H68N2O3. The number of carbonyl (C=O) groups excluding carboxylic acids is 1. The Morgan fingerprint density at radius 3 is 2.24 bits per heavy atom. The number of rotatable bonds is 13. The molecule has 2 aliphatic carbocycles. The van der Waals surface area contributed by atoms with Crippen LogP contribution in [0, 0.1) is 16.7 Å². The molecule has 0 spiro atoms. The maximum absolute atomic E-state index is 13.2. The number of aliphatic imine (C=N–C) groups is 1. The van der Waals surface area contributed by atoms with E-state index in [-0.39, 0.29) is 24.3 Å². The van der Waals surface area contributed by atoms with Crippen LogP contribution in [0.5, 0.6) is 0 Å². The van der Waals surface area contributed by atoms with Crippen molar-refractivity contribution in [3.63, 3.8) is 0 Å². The zero-order valence-corrected chi connectivity index (χ0v) is 30.5. The number of hydrogen-bond donors (Lipinski definition) is 1. The summed E-state index contributed by atoms with van der Waals surface area (Å²) >= 11 is 0. The second-order valence-electron chi connectivity index (χ2n) is 14.8. The number of amides is 1. The van der Waals surface area contributed by atoms with Crippen LogP contribution >= 0.6 is 0 Å². The summed E-state index contributed by atoms with van der Waals surface area (Å²) in [5.41, 5.74) is 3.39. The minimum atomic E-state index is -0.897. The van der Waals surface area contributed by atoms with Gasteiger partial charge in [0, 0.05) is 11.3 Å². The highest BCUT2D eigenvalue weighted by molar-refractivity contribution is 5.93. The van der Waals surface area contributed by atoms with Crippen LogP contribution in [0.15, 0.2) is 76.4 Å². The van der Waals surface area contributed by atoms with Crippen LogP contribution in [0.2, 0.25) is 0 Å². The molecule has 0 aromatic rings. The van der Waals surface area contributed by atoms with E-state index in [0.29, 0.717) is 24.5 Å². The van der Waals surface area contributed by atoms with E-state index in [1.807, 2.05) is 40.7 Å². The van der Waals surface area contributed by atoms with E-state index < -0.39 is 11.5 Å². The lowest BCUT2D eigenvalue weighted by Gasteiger charge is -2.51. The molecule has 1 unspecified atom stereocenters. The van der Waals surface area contributed by atoms with E-state index in [2.05, 4.69) is 89.0 Å². The fourth-order valence-corrected chi connectivity index (χ4v) is 6.12. The van der Waals surface area contributed by atoms with E-state index in [9.17, 15) is 14.7 Å². The summed E-state index contributed by atoms with van der Waals surface area (Å²) in [6, 6.07) is -0.134. The van der Waals surface area contributed by atoms with Crippen LogP contribution in [0.4, 0.5) is 0 Å². The topological polar surface area (TPSA) is 70.0 Å². The molecule has 0 aromatic heterocycles. The summed E-state index contributed by atoms with van der Waals surface area (Å²) < 4.78 is 0.